The van der Waals surface area contributed by atoms with Crippen LogP contribution in [0.3, 0.4) is 0 Å². The first kappa shape index (κ1) is 23.7. The van der Waals surface area contributed by atoms with Gasteiger partial charge in [0.2, 0.25) is 0 Å². The van der Waals surface area contributed by atoms with Gasteiger partial charge in [0.1, 0.15) is 6.07 Å². The first-order chi connectivity index (χ1) is 17.5. The molecule has 2 unspecified atom stereocenters. The largest absolute Gasteiger partial charge is 0.311 e. The maximum atomic E-state index is 13.1. The molecule has 0 saturated carbocycles. The van der Waals surface area contributed by atoms with E-state index in [2.05, 4.69) is 28.6 Å². The van der Waals surface area contributed by atoms with E-state index < -0.39 is 0 Å². The van der Waals surface area contributed by atoms with Gasteiger partial charge in [0.15, 0.2) is 0 Å². The average molecular weight is 479 g/mol. The van der Waals surface area contributed by atoms with E-state index >= 15 is 0 Å². The van der Waals surface area contributed by atoms with E-state index in [1.165, 1.54) is 0 Å². The second-order valence-electron chi connectivity index (χ2n) is 9.40. The Hall–Kier alpha value is -4.02. The van der Waals surface area contributed by atoms with Crippen LogP contribution >= 0.6 is 0 Å². The predicted molar refractivity (Wildman–Crippen MR) is 141 cm³/mol. The summed E-state index contributed by atoms with van der Waals surface area (Å²) < 4.78 is 1.90. The minimum atomic E-state index is -0.124. The zero-order valence-corrected chi connectivity index (χ0v) is 20.9. The molecule has 1 N–H and O–H groups in total. The Bertz CT molecular complexity index is 1410. The number of rotatable bonds is 5. The van der Waals surface area contributed by atoms with E-state index in [0.29, 0.717) is 24.2 Å². The van der Waals surface area contributed by atoms with Crippen LogP contribution in [0, 0.1) is 18.3 Å². The molecule has 1 aliphatic heterocycles. The molecule has 36 heavy (non-hydrogen) atoms. The molecule has 3 aromatic rings. The van der Waals surface area contributed by atoms with Gasteiger partial charge in [-0.15, -0.1) is 0 Å². The Labute approximate surface area is 211 Å². The summed E-state index contributed by atoms with van der Waals surface area (Å²) in [5.41, 5.74) is 7.28. The molecule has 2 heterocycles. The summed E-state index contributed by atoms with van der Waals surface area (Å²) in [6.07, 6.45) is 3.71. The number of para-hydroxylation sites is 1. The third-order valence-corrected chi connectivity index (χ3v) is 7.09. The normalized spacial score (nSPS) is 20.4. The Morgan fingerprint density at radius 1 is 1.14 bits per heavy atom. The van der Waals surface area contributed by atoms with Crippen LogP contribution in [-0.4, -0.2) is 41.5 Å². The Morgan fingerprint density at radius 2 is 1.89 bits per heavy atom. The summed E-state index contributed by atoms with van der Waals surface area (Å²) in [6.45, 7) is 3.16. The van der Waals surface area contributed by atoms with E-state index in [4.69, 9.17) is 4.99 Å². The van der Waals surface area contributed by atoms with Gasteiger partial charge in [0.05, 0.1) is 29.6 Å². The maximum Gasteiger partial charge on any atom is 0.258 e. The summed E-state index contributed by atoms with van der Waals surface area (Å²) in [4.78, 5) is 19.7. The van der Waals surface area contributed by atoms with E-state index in [1.807, 2.05) is 74.2 Å². The fraction of sp³-hybridized carbons (Fsp3) is 0.310. The lowest BCUT2D eigenvalue weighted by atomic mass is 9.87. The lowest BCUT2D eigenvalue weighted by Crippen LogP contribution is -2.26. The molecule has 0 radical (unpaired) electrons. The van der Waals surface area contributed by atoms with Crippen molar-refractivity contribution in [1.29, 1.82) is 5.26 Å². The van der Waals surface area contributed by atoms with Gasteiger partial charge >= 0.3 is 0 Å². The number of benzene rings is 2. The molecular formula is C29H30N6O. The lowest BCUT2D eigenvalue weighted by molar-refractivity contribution is 0.0993. The summed E-state index contributed by atoms with van der Waals surface area (Å²) in [5, 5.41) is 17.9. The minimum Gasteiger partial charge on any atom is -0.311 e. The van der Waals surface area contributed by atoms with Crippen LogP contribution in [0.25, 0.3) is 0 Å². The number of carbonyl (C=O) groups is 1. The fourth-order valence-corrected chi connectivity index (χ4v) is 5.34. The molecule has 0 saturated heterocycles. The van der Waals surface area contributed by atoms with E-state index in [-0.39, 0.29) is 17.9 Å². The molecule has 2 aliphatic rings. The number of amides is 1. The van der Waals surface area contributed by atoms with E-state index in [0.717, 1.165) is 46.8 Å². The van der Waals surface area contributed by atoms with Gasteiger partial charge in [-0.1, -0.05) is 42.5 Å². The van der Waals surface area contributed by atoms with Crippen LogP contribution in [-0.2, 0) is 7.05 Å². The maximum absolute atomic E-state index is 13.1. The number of anilines is 1. The number of nitriles is 1. The highest BCUT2D eigenvalue weighted by atomic mass is 16.2. The molecule has 7 heteroatoms. The molecule has 1 aromatic heterocycles. The van der Waals surface area contributed by atoms with Gasteiger partial charge in [-0.2, -0.15) is 10.4 Å². The van der Waals surface area contributed by atoms with Crippen LogP contribution < -0.4 is 10.2 Å². The van der Waals surface area contributed by atoms with Crippen molar-refractivity contribution in [3.8, 4) is 6.07 Å². The number of hydrogen-bond acceptors (Lipinski definition) is 5. The third kappa shape index (κ3) is 4.36. The highest BCUT2D eigenvalue weighted by Crippen LogP contribution is 2.36. The second kappa shape index (κ2) is 9.92. The highest BCUT2D eigenvalue weighted by Gasteiger charge is 2.30. The Morgan fingerprint density at radius 3 is 2.64 bits per heavy atom. The average Bonchev–Trinajstić information content (AvgIpc) is 3.21. The van der Waals surface area contributed by atoms with Crippen LogP contribution in [0.15, 0.2) is 71.2 Å². The van der Waals surface area contributed by atoms with Gasteiger partial charge in [0.25, 0.3) is 5.91 Å². The van der Waals surface area contributed by atoms with Crippen LogP contribution in [0.1, 0.15) is 57.7 Å². The SMILES string of the molecule is Cc1cc(C2C=C(C#N)C(=NCCNC3c4ccccc4C(=O)N(C)c4ccccc43)CC2)n(C)n1. The molecule has 1 amide bonds. The van der Waals surface area contributed by atoms with Gasteiger partial charge in [-0.3, -0.25) is 14.5 Å². The van der Waals surface area contributed by atoms with Gasteiger partial charge in [-0.25, -0.2) is 0 Å². The first-order valence-corrected chi connectivity index (χ1v) is 12.3. The standard InChI is InChI=1S/C29H30N6O/c1-19-16-27(35(3)33-19)20-12-13-25(21(17-20)18-30)31-14-15-32-28-22-8-4-5-9-23(22)29(36)34(2)26-11-7-6-10-24(26)28/h4-11,16-17,20,28,32H,12-15H2,1-3H3. The molecule has 0 spiro atoms. The van der Waals surface area contributed by atoms with Crippen molar-refractivity contribution < 1.29 is 4.79 Å². The fourth-order valence-electron chi connectivity index (χ4n) is 5.34. The molecule has 0 fully saturated rings. The monoisotopic (exact) mass is 478 g/mol. The number of nitrogens with one attached hydrogen (secondary N) is 1. The summed E-state index contributed by atoms with van der Waals surface area (Å²) in [5.74, 6) is 0.170. The van der Waals surface area contributed by atoms with E-state index in [9.17, 15) is 10.1 Å². The number of aromatic nitrogens is 2. The zero-order valence-electron chi connectivity index (χ0n) is 20.9. The van der Waals surface area contributed by atoms with Crippen molar-refractivity contribution in [3.63, 3.8) is 0 Å². The van der Waals surface area contributed by atoms with Crippen LogP contribution in [0.2, 0.25) is 0 Å². The van der Waals surface area contributed by atoms with Gasteiger partial charge < -0.3 is 10.2 Å². The number of aliphatic imine (C=N–C) groups is 1. The highest BCUT2D eigenvalue weighted by molar-refractivity contribution is 6.08. The van der Waals surface area contributed by atoms with Crippen LogP contribution in [0.5, 0.6) is 0 Å². The van der Waals surface area contributed by atoms with Gasteiger partial charge in [-0.05, 0) is 49.1 Å². The van der Waals surface area contributed by atoms with Crippen molar-refractivity contribution in [3.05, 3.63) is 94.3 Å². The molecule has 2 aromatic carbocycles. The number of fused-ring (bicyclic) bond motifs is 2. The zero-order chi connectivity index (χ0) is 25.2. The Balaban J connectivity index is 1.34. The quantitative estimate of drug-likeness (QED) is 0.549. The topological polar surface area (TPSA) is 86.3 Å². The number of aryl methyl sites for hydroxylation is 2. The lowest BCUT2D eigenvalue weighted by Gasteiger charge is -2.22. The molecule has 2 atom stereocenters. The third-order valence-electron chi connectivity index (χ3n) is 7.09. The van der Waals surface area contributed by atoms with Crippen molar-refractivity contribution in [2.24, 2.45) is 12.0 Å². The second-order valence-corrected chi connectivity index (χ2v) is 9.40. The first-order valence-electron chi connectivity index (χ1n) is 12.3. The van der Waals surface area contributed by atoms with Crippen LogP contribution in [0.4, 0.5) is 5.69 Å². The molecule has 7 nitrogen and oxygen atoms in total. The number of allylic oxidation sites excluding steroid dienone is 2. The van der Waals surface area contributed by atoms with Crippen molar-refractivity contribution in [2.45, 2.75) is 31.7 Å². The molecule has 0 bridgehead atoms. The summed E-state index contributed by atoms with van der Waals surface area (Å²) in [7, 11) is 3.78. The molecule has 1 aliphatic carbocycles. The van der Waals surface area contributed by atoms with E-state index in [1.54, 1.807) is 4.90 Å². The summed E-state index contributed by atoms with van der Waals surface area (Å²) in [6, 6.07) is 20.1. The minimum absolute atomic E-state index is 0.00762. The number of nitrogens with zero attached hydrogens (tertiary/aromatic N) is 5. The number of hydrogen-bond donors (Lipinski definition) is 1. The van der Waals surface area contributed by atoms with Crippen molar-refractivity contribution in [2.75, 3.05) is 25.0 Å². The number of carbonyl (C=O) groups excluding carboxylic acids is 1. The van der Waals surface area contributed by atoms with Gasteiger partial charge in [0, 0.05) is 43.5 Å². The molecule has 5 rings (SSSR count). The van der Waals surface area contributed by atoms with Crippen molar-refractivity contribution >= 4 is 17.3 Å². The smallest absolute Gasteiger partial charge is 0.258 e. The molecular weight excluding hydrogens is 448 g/mol. The van der Waals surface area contributed by atoms with Crippen molar-refractivity contribution in [1.82, 2.24) is 15.1 Å². The summed E-state index contributed by atoms with van der Waals surface area (Å²) >= 11 is 0. The predicted octanol–water partition coefficient (Wildman–Crippen LogP) is 4.47. The Kier molecular flexibility index (Phi) is 6.53. The molecule has 182 valence electrons.